The highest BCUT2D eigenvalue weighted by Gasteiger charge is 2.24. The second-order valence-corrected chi connectivity index (χ2v) is 10.9. The molecule has 1 saturated carbocycles. The van der Waals surface area contributed by atoms with Gasteiger partial charge in [-0.1, -0.05) is 12.8 Å². The Morgan fingerprint density at radius 2 is 1.71 bits per heavy atom. The number of fused-ring (bicyclic) bond motifs is 1. The van der Waals surface area contributed by atoms with Crippen molar-refractivity contribution in [2.24, 2.45) is 0 Å². The van der Waals surface area contributed by atoms with E-state index in [9.17, 15) is 4.39 Å². The molecule has 10 nitrogen and oxygen atoms in total. The zero-order chi connectivity index (χ0) is 28.5. The van der Waals surface area contributed by atoms with Crippen molar-refractivity contribution in [3.8, 4) is 28.5 Å². The number of halogens is 1. The number of benzene rings is 2. The monoisotopic (exact) mass is 569 g/mol. The Labute approximate surface area is 242 Å². The summed E-state index contributed by atoms with van der Waals surface area (Å²) in [7, 11) is 0. The second-order valence-electron chi connectivity index (χ2n) is 10.9. The molecule has 0 radical (unpaired) electrons. The number of aromatic nitrogens is 6. The lowest BCUT2D eigenvalue weighted by Crippen LogP contribution is -2.20. The Morgan fingerprint density at radius 3 is 2.52 bits per heavy atom. The molecule has 42 heavy (non-hydrogen) atoms. The number of anilines is 1. The van der Waals surface area contributed by atoms with Gasteiger partial charge in [0.1, 0.15) is 47.5 Å². The lowest BCUT2D eigenvalue weighted by molar-refractivity contribution is 0.0674. The lowest BCUT2D eigenvalue weighted by atomic mass is 10.1. The van der Waals surface area contributed by atoms with Crippen LogP contribution in [0.3, 0.4) is 0 Å². The molecule has 0 amide bonds. The summed E-state index contributed by atoms with van der Waals surface area (Å²) in [5, 5.41) is 5.64. The van der Waals surface area contributed by atoms with E-state index in [-0.39, 0.29) is 6.04 Å². The molecule has 2 fully saturated rings. The summed E-state index contributed by atoms with van der Waals surface area (Å²) in [6.45, 7) is 1.67. The molecule has 1 aliphatic heterocycles. The first-order chi connectivity index (χ1) is 20.6. The average Bonchev–Trinajstić information content (AvgIpc) is 3.77. The van der Waals surface area contributed by atoms with Gasteiger partial charge in [-0.15, -0.1) is 0 Å². The van der Waals surface area contributed by atoms with E-state index in [1.807, 2.05) is 41.5 Å². The van der Waals surface area contributed by atoms with Crippen molar-refractivity contribution in [1.29, 1.82) is 0 Å². The van der Waals surface area contributed by atoms with Crippen LogP contribution in [0.4, 0.5) is 10.2 Å². The van der Waals surface area contributed by atoms with Crippen LogP contribution in [0.15, 0.2) is 61.3 Å². The molecule has 0 bridgehead atoms. The van der Waals surface area contributed by atoms with Crippen molar-refractivity contribution in [2.75, 3.05) is 18.9 Å². The molecule has 7 rings (SSSR count). The van der Waals surface area contributed by atoms with Gasteiger partial charge in [0.15, 0.2) is 5.65 Å². The predicted octanol–water partition coefficient (Wildman–Crippen LogP) is 6.25. The molecule has 0 unspecified atom stereocenters. The molecule has 2 N–H and O–H groups in total. The fourth-order valence-corrected chi connectivity index (χ4v) is 5.99. The summed E-state index contributed by atoms with van der Waals surface area (Å²) in [6, 6.07) is 12.5. The first-order valence-corrected chi connectivity index (χ1v) is 14.4. The molecule has 1 saturated heterocycles. The van der Waals surface area contributed by atoms with E-state index in [0.29, 0.717) is 60.3 Å². The predicted molar refractivity (Wildman–Crippen MR) is 155 cm³/mol. The highest BCUT2D eigenvalue weighted by molar-refractivity contribution is 5.98. The van der Waals surface area contributed by atoms with Crippen LogP contribution >= 0.6 is 0 Å². The molecule has 2 aromatic carbocycles. The van der Waals surface area contributed by atoms with Crippen LogP contribution in [0.25, 0.3) is 22.3 Å². The van der Waals surface area contributed by atoms with Crippen LogP contribution < -0.4 is 15.2 Å². The number of imidazole rings is 1. The maximum absolute atomic E-state index is 14.5. The fraction of sp³-hybridized carbons (Fsp3) is 0.355. The number of nitrogens with zero attached hydrogens (tertiary/aromatic N) is 6. The summed E-state index contributed by atoms with van der Waals surface area (Å²) in [4.78, 5) is 13.0. The largest absolute Gasteiger partial charge is 0.487 e. The van der Waals surface area contributed by atoms with Gasteiger partial charge in [-0.05, 0) is 49.9 Å². The molecule has 0 atom stereocenters. The van der Waals surface area contributed by atoms with E-state index in [1.165, 1.54) is 31.3 Å². The molecule has 5 aromatic rings. The summed E-state index contributed by atoms with van der Waals surface area (Å²) < 4.78 is 36.2. The zero-order valence-electron chi connectivity index (χ0n) is 23.2. The number of hydrogen-bond acceptors (Lipinski definition) is 8. The Hall–Kier alpha value is -4.51. The normalized spacial score (nSPS) is 16.3. The van der Waals surface area contributed by atoms with Gasteiger partial charge in [0.05, 0.1) is 29.6 Å². The fourth-order valence-electron chi connectivity index (χ4n) is 5.99. The van der Waals surface area contributed by atoms with Gasteiger partial charge < -0.3 is 24.5 Å². The molecule has 1 aliphatic carbocycles. The summed E-state index contributed by atoms with van der Waals surface area (Å²) in [6.07, 6.45) is 11.6. The van der Waals surface area contributed by atoms with Gasteiger partial charge in [-0.3, -0.25) is 0 Å². The number of rotatable bonds is 8. The maximum Gasteiger partial charge on any atom is 0.164 e. The minimum atomic E-state index is -0.441. The molecule has 216 valence electrons. The van der Waals surface area contributed by atoms with E-state index >= 15 is 0 Å². The van der Waals surface area contributed by atoms with Gasteiger partial charge in [0, 0.05) is 43.0 Å². The van der Waals surface area contributed by atoms with Crippen molar-refractivity contribution < 1.29 is 18.6 Å². The maximum atomic E-state index is 14.5. The van der Waals surface area contributed by atoms with Crippen molar-refractivity contribution in [2.45, 2.75) is 57.2 Å². The van der Waals surface area contributed by atoms with Crippen LogP contribution in [0.5, 0.6) is 17.2 Å². The van der Waals surface area contributed by atoms with Crippen molar-refractivity contribution >= 4 is 16.9 Å². The Morgan fingerprint density at radius 1 is 0.929 bits per heavy atom. The third-order valence-electron chi connectivity index (χ3n) is 8.11. The molecule has 4 heterocycles. The number of nitrogens with two attached hydrogens (primary N) is 1. The van der Waals surface area contributed by atoms with E-state index in [4.69, 9.17) is 25.0 Å². The standard InChI is InChI=1S/C31H32FN7O3/c32-21-13-26(41-17-24-16-34-19-38(24)22-3-1-2-4-22)15-27(14-21)42-25-7-5-20(6-8-25)29-28-30(33)35-18-36-31(28)39(37-29)23-9-11-40-12-10-23/h5-8,13-16,18-19,22-23H,1-4,9-12,17H2,(H2,33,35,36). The van der Waals surface area contributed by atoms with Crippen molar-refractivity contribution in [3.63, 3.8) is 0 Å². The zero-order valence-corrected chi connectivity index (χ0v) is 23.2. The average molecular weight is 570 g/mol. The SMILES string of the molecule is Nc1ncnc2c1c(-c1ccc(Oc3cc(F)cc(OCc4cncn4C4CCCC4)c3)cc1)nn2C1CCOCC1. The molecular weight excluding hydrogens is 537 g/mol. The number of nitrogen functional groups attached to an aromatic ring is 1. The minimum absolute atomic E-state index is 0.180. The third kappa shape index (κ3) is 5.27. The summed E-state index contributed by atoms with van der Waals surface area (Å²) in [5.41, 5.74) is 9.53. The Kier molecular flexibility index (Phi) is 7.16. The van der Waals surface area contributed by atoms with Crippen LogP contribution in [0.2, 0.25) is 0 Å². The van der Waals surface area contributed by atoms with Crippen LogP contribution in [0.1, 0.15) is 56.3 Å². The van der Waals surface area contributed by atoms with Gasteiger partial charge in [-0.2, -0.15) is 5.10 Å². The van der Waals surface area contributed by atoms with E-state index in [0.717, 1.165) is 42.3 Å². The molecule has 2 aliphatic rings. The Bertz CT molecular complexity index is 1690. The summed E-state index contributed by atoms with van der Waals surface area (Å²) in [5.74, 6) is 1.22. The van der Waals surface area contributed by atoms with Crippen molar-refractivity contribution in [1.82, 2.24) is 29.3 Å². The smallest absolute Gasteiger partial charge is 0.164 e. The molecule has 0 spiro atoms. The Balaban J connectivity index is 1.09. The lowest BCUT2D eigenvalue weighted by Gasteiger charge is -2.22. The number of hydrogen-bond donors (Lipinski definition) is 1. The first-order valence-electron chi connectivity index (χ1n) is 14.4. The molecule has 11 heteroatoms. The van der Waals surface area contributed by atoms with Gasteiger partial charge in [0.25, 0.3) is 0 Å². The van der Waals surface area contributed by atoms with Crippen LogP contribution in [-0.2, 0) is 11.3 Å². The highest BCUT2D eigenvalue weighted by Crippen LogP contribution is 2.36. The topological polar surface area (TPSA) is 115 Å². The van der Waals surface area contributed by atoms with Crippen molar-refractivity contribution in [3.05, 3.63) is 72.8 Å². The first kappa shape index (κ1) is 26.4. The molecule has 3 aromatic heterocycles. The van der Waals surface area contributed by atoms with Gasteiger partial charge in [0.2, 0.25) is 0 Å². The van der Waals surface area contributed by atoms with E-state index in [2.05, 4.69) is 19.5 Å². The number of ether oxygens (including phenoxy) is 3. The third-order valence-corrected chi connectivity index (χ3v) is 8.11. The van der Waals surface area contributed by atoms with E-state index in [1.54, 1.807) is 6.07 Å². The van der Waals surface area contributed by atoms with Gasteiger partial charge >= 0.3 is 0 Å². The van der Waals surface area contributed by atoms with Crippen LogP contribution in [0, 0.1) is 5.82 Å². The van der Waals surface area contributed by atoms with Gasteiger partial charge in [-0.25, -0.2) is 24.0 Å². The molecular formula is C31H32FN7O3. The minimum Gasteiger partial charge on any atom is -0.487 e. The van der Waals surface area contributed by atoms with E-state index < -0.39 is 5.82 Å². The van der Waals surface area contributed by atoms with Crippen LogP contribution in [-0.4, -0.2) is 42.5 Å². The quantitative estimate of drug-likeness (QED) is 0.233. The highest BCUT2D eigenvalue weighted by atomic mass is 19.1. The second kappa shape index (κ2) is 11.4. The summed E-state index contributed by atoms with van der Waals surface area (Å²) >= 11 is 0.